The minimum atomic E-state index is 0. The van der Waals surface area contributed by atoms with Crippen molar-refractivity contribution in [2.45, 2.75) is 38.3 Å². The van der Waals surface area contributed by atoms with Crippen LogP contribution in [0.5, 0.6) is 0 Å². The fraction of sp³-hybridized carbons (Fsp3) is 0.296. The summed E-state index contributed by atoms with van der Waals surface area (Å²) in [5.74, 6) is 1.43. The summed E-state index contributed by atoms with van der Waals surface area (Å²) in [5.41, 5.74) is 3.76. The van der Waals surface area contributed by atoms with Crippen LogP contribution in [0.3, 0.4) is 0 Å². The number of hydrogen-bond acceptors (Lipinski definition) is 4. The summed E-state index contributed by atoms with van der Waals surface area (Å²) in [7, 11) is 0. The summed E-state index contributed by atoms with van der Waals surface area (Å²) in [4.78, 5) is 25.1. The molecule has 1 aliphatic heterocycles. The minimum Gasteiger partial charge on any atom is -0.305 e. The van der Waals surface area contributed by atoms with E-state index >= 15 is 0 Å². The number of carbonyl (C=O) groups is 1. The van der Waals surface area contributed by atoms with E-state index in [0.29, 0.717) is 5.92 Å². The molecule has 5 rings (SSSR count). The van der Waals surface area contributed by atoms with Crippen LogP contribution < -0.4 is 0 Å². The Morgan fingerprint density at radius 3 is 2.45 bits per heavy atom. The molecule has 1 unspecified atom stereocenters. The summed E-state index contributed by atoms with van der Waals surface area (Å²) in [6.07, 6.45) is 5.02. The van der Waals surface area contributed by atoms with Crippen molar-refractivity contribution in [1.29, 1.82) is 0 Å². The first kappa shape index (κ1) is 23.1. The number of pyridine rings is 1. The maximum absolute atomic E-state index is 13.0. The van der Waals surface area contributed by atoms with Gasteiger partial charge in [0.05, 0.1) is 6.54 Å². The number of nitrogens with zero attached hydrogens (tertiary/aromatic N) is 4. The third-order valence-electron chi connectivity index (χ3n) is 6.37. The van der Waals surface area contributed by atoms with E-state index < -0.39 is 0 Å². The average molecular weight is 461 g/mol. The number of hydrogen-bond donors (Lipinski definition) is 0. The van der Waals surface area contributed by atoms with Gasteiger partial charge in [-0.15, -0.1) is 12.4 Å². The van der Waals surface area contributed by atoms with Gasteiger partial charge in [-0.2, -0.15) is 0 Å². The summed E-state index contributed by atoms with van der Waals surface area (Å²) in [6, 6.07) is 24.1. The molecule has 170 valence electrons. The number of rotatable bonds is 6. The number of carbonyl (C=O) groups excluding carboxylic acids is 1. The number of fused-ring (bicyclic) bond motifs is 1. The molecule has 0 aliphatic carbocycles. The summed E-state index contributed by atoms with van der Waals surface area (Å²) in [5, 5.41) is 0. The molecule has 0 N–H and O–H groups in total. The van der Waals surface area contributed by atoms with E-state index in [9.17, 15) is 4.79 Å². The molecule has 0 bridgehead atoms. The molecule has 1 fully saturated rings. The van der Waals surface area contributed by atoms with Gasteiger partial charge in [-0.25, -0.2) is 9.97 Å². The van der Waals surface area contributed by atoms with Crippen molar-refractivity contribution in [2.75, 3.05) is 13.1 Å². The number of ketones is 1. The predicted octanol–water partition coefficient (Wildman–Crippen LogP) is 5.51. The summed E-state index contributed by atoms with van der Waals surface area (Å²) in [6.45, 7) is 3.38. The first-order chi connectivity index (χ1) is 15.8. The number of aromatic nitrogens is 3. The highest BCUT2D eigenvalue weighted by Crippen LogP contribution is 2.30. The monoisotopic (exact) mass is 460 g/mol. The number of likely N-dealkylation sites (tertiary alicyclic amines) is 1. The van der Waals surface area contributed by atoms with E-state index in [-0.39, 0.29) is 24.7 Å². The quantitative estimate of drug-likeness (QED) is 0.356. The minimum absolute atomic E-state index is 0. The molecule has 6 heteroatoms. The van der Waals surface area contributed by atoms with Gasteiger partial charge in [0.1, 0.15) is 11.3 Å². The third-order valence-corrected chi connectivity index (χ3v) is 6.37. The van der Waals surface area contributed by atoms with Gasteiger partial charge in [-0.3, -0.25) is 9.69 Å². The second-order valence-corrected chi connectivity index (χ2v) is 8.58. The number of halogens is 1. The van der Waals surface area contributed by atoms with Gasteiger partial charge in [-0.05, 0) is 50.0 Å². The highest BCUT2D eigenvalue weighted by Gasteiger charge is 2.25. The Balaban J connectivity index is 0.00000259. The van der Waals surface area contributed by atoms with E-state index in [1.165, 1.54) is 5.56 Å². The van der Waals surface area contributed by atoms with E-state index in [0.717, 1.165) is 61.4 Å². The molecule has 1 atom stereocenters. The highest BCUT2D eigenvalue weighted by molar-refractivity contribution is 5.96. The zero-order valence-electron chi connectivity index (χ0n) is 18.6. The van der Waals surface area contributed by atoms with Crippen LogP contribution in [0.15, 0.2) is 79.0 Å². The van der Waals surface area contributed by atoms with Crippen LogP contribution in [0.1, 0.15) is 46.9 Å². The second-order valence-electron chi connectivity index (χ2n) is 8.58. The van der Waals surface area contributed by atoms with Crippen LogP contribution in [0, 0.1) is 0 Å². The Kier molecular flexibility index (Phi) is 7.53. The van der Waals surface area contributed by atoms with Crippen molar-refractivity contribution in [1.82, 2.24) is 19.4 Å². The second kappa shape index (κ2) is 10.7. The molecular weight excluding hydrogens is 432 g/mol. The Morgan fingerprint density at radius 1 is 0.909 bits per heavy atom. The Hall–Kier alpha value is -3.02. The van der Waals surface area contributed by atoms with Crippen molar-refractivity contribution in [3.05, 3.63) is 95.9 Å². The predicted molar refractivity (Wildman–Crippen MR) is 134 cm³/mol. The van der Waals surface area contributed by atoms with Crippen molar-refractivity contribution in [2.24, 2.45) is 0 Å². The van der Waals surface area contributed by atoms with Gasteiger partial charge in [0.25, 0.3) is 0 Å². The Bertz CT molecular complexity index is 1190. The SMILES string of the molecule is Cl.O=C(Cn1c(C2CCCN(Cc3ccccc3)CC2)nc2cccnc21)c1ccccc1. The van der Waals surface area contributed by atoms with Gasteiger partial charge >= 0.3 is 0 Å². The molecule has 2 aromatic heterocycles. The van der Waals surface area contributed by atoms with Crippen LogP contribution in [-0.4, -0.2) is 38.3 Å². The fourth-order valence-electron chi connectivity index (χ4n) is 4.72. The Morgan fingerprint density at radius 2 is 1.67 bits per heavy atom. The first-order valence-electron chi connectivity index (χ1n) is 11.4. The number of imidazole rings is 1. The zero-order valence-corrected chi connectivity index (χ0v) is 19.5. The molecule has 1 saturated heterocycles. The molecular formula is C27H29ClN4O. The smallest absolute Gasteiger partial charge is 0.182 e. The third kappa shape index (κ3) is 5.32. The van der Waals surface area contributed by atoms with Crippen LogP contribution in [0.25, 0.3) is 11.2 Å². The standard InChI is InChI=1S/C27H28N4O.ClH/c32-25(22-11-5-2-6-12-22)20-31-26(29-24-14-7-16-28-27(24)31)23-13-8-17-30(18-15-23)19-21-9-3-1-4-10-21;/h1-7,9-12,14,16,23H,8,13,15,17-20H2;1H. The van der Waals surface area contributed by atoms with Gasteiger partial charge in [-0.1, -0.05) is 60.7 Å². The fourth-order valence-corrected chi connectivity index (χ4v) is 4.72. The summed E-state index contributed by atoms with van der Waals surface area (Å²) >= 11 is 0. The average Bonchev–Trinajstić information content (AvgIpc) is 3.03. The molecule has 0 spiro atoms. The van der Waals surface area contributed by atoms with E-state index in [1.807, 2.05) is 42.5 Å². The normalized spacial score (nSPS) is 16.8. The lowest BCUT2D eigenvalue weighted by atomic mass is 9.99. The van der Waals surface area contributed by atoms with E-state index in [2.05, 4.69) is 44.8 Å². The van der Waals surface area contributed by atoms with Gasteiger partial charge in [0.2, 0.25) is 0 Å². The van der Waals surface area contributed by atoms with Crippen LogP contribution >= 0.6 is 12.4 Å². The number of Topliss-reactive ketones (excluding diaryl/α,β-unsaturated/α-hetero) is 1. The van der Waals surface area contributed by atoms with Crippen LogP contribution in [0.4, 0.5) is 0 Å². The van der Waals surface area contributed by atoms with Crippen molar-refractivity contribution >= 4 is 29.4 Å². The molecule has 3 heterocycles. The molecule has 5 nitrogen and oxygen atoms in total. The van der Waals surface area contributed by atoms with Gasteiger partial charge in [0.15, 0.2) is 11.4 Å². The molecule has 0 amide bonds. The lowest BCUT2D eigenvalue weighted by Gasteiger charge is -2.20. The Labute approximate surface area is 200 Å². The highest BCUT2D eigenvalue weighted by atomic mass is 35.5. The molecule has 0 radical (unpaired) electrons. The van der Waals surface area contributed by atoms with Gasteiger partial charge < -0.3 is 4.57 Å². The number of benzene rings is 2. The topological polar surface area (TPSA) is 51.0 Å². The van der Waals surface area contributed by atoms with E-state index in [1.54, 1.807) is 6.20 Å². The van der Waals surface area contributed by atoms with Crippen LogP contribution in [0.2, 0.25) is 0 Å². The van der Waals surface area contributed by atoms with Crippen LogP contribution in [-0.2, 0) is 13.1 Å². The molecule has 2 aromatic carbocycles. The maximum atomic E-state index is 13.0. The molecule has 4 aromatic rings. The lowest BCUT2D eigenvalue weighted by Crippen LogP contribution is -2.24. The van der Waals surface area contributed by atoms with Crippen molar-refractivity contribution in [3.8, 4) is 0 Å². The van der Waals surface area contributed by atoms with E-state index in [4.69, 9.17) is 4.98 Å². The molecule has 0 saturated carbocycles. The summed E-state index contributed by atoms with van der Waals surface area (Å²) < 4.78 is 2.06. The maximum Gasteiger partial charge on any atom is 0.182 e. The first-order valence-corrected chi connectivity index (χ1v) is 11.4. The van der Waals surface area contributed by atoms with Crippen molar-refractivity contribution < 1.29 is 4.79 Å². The van der Waals surface area contributed by atoms with Crippen molar-refractivity contribution in [3.63, 3.8) is 0 Å². The molecule has 1 aliphatic rings. The lowest BCUT2D eigenvalue weighted by molar-refractivity contribution is 0.0971. The largest absolute Gasteiger partial charge is 0.305 e. The molecule has 33 heavy (non-hydrogen) atoms. The van der Waals surface area contributed by atoms with Gasteiger partial charge in [0, 0.05) is 24.2 Å². The zero-order chi connectivity index (χ0) is 21.8.